The molecule has 0 saturated carbocycles. The van der Waals surface area contributed by atoms with Crippen LogP contribution in [0.2, 0.25) is 0 Å². The van der Waals surface area contributed by atoms with E-state index in [2.05, 4.69) is 5.32 Å². The van der Waals surface area contributed by atoms with Crippen LogP contribution in [0.5, 0.6) is 5.75 Å². The van der Waals surface area contributed by atoms with E-state index in [0.717, 1.165) is 6.07 Å². The average Bonchev–Trinajstić information content (AvgIpc) is 2.75. The summed E-state index contributed by atoms with van der Waals surface area (Å²) in [6, 6.07) is 7.96. The molecule has 0 aromatic heterocycles. The molecule has 2 aromatic carbocycles. The lowest BCUT2D eigenvalue weighted by Gasteiger charge is -2.32. The molecule has 1 aliphatic rings. The van der Waals surface area contributed by atoms with Gasteiger partial charge in [-0.2, -0.15) is 0 Å². The maximum absolute atomic E-state index is 13.7. The molecule has 1 fully saturated rings. The van der Waals surface area contributed by atoms with E-state index in [9.17, 15) is 27.6 Å². The molecule has 3 rings (SSSR count). The van der Waals surface area contributed by atoms with Crippen molar-refractivity contribution >= 4 is 17.8 Å². The summed E-state index contributed by atoms with van der Waals surface area (Å²) in [5.74, 6) is -5.71. The van der Waals surface area contributed by atoms with E-state index >= 15 is 0 Å². The fraction of sp³-hybridized carbons (Fsp3) is 0.318. The van der Waals surface area contributed by atoms with Crippen molar-refractivity contribution in [2.75, 3.05) is 19.6 Å². The second-order valence-corrected chi connectivity index (χ2v) is 7.29. The number of carbonyl (C=O) groups is 3. The molecule has 0 aliphatic carbocycles. The Bertz CT molecular complexity index is 1000. The monoisotopic (exact) mass is 434 g/mol. The number of piperidine rings is 1. The number of amides is 2. The standard InChI is InChI=1S/C22H21F3N2O4/c1-13(28)31-16-4-2-3-15(11-16)22(30)27-9-7-14(8-10-27)12-26-21(29)17-5-6-18(23)20(25)19(17)24/h2-6,11,14H,7-10,12H2,1H3,(H,26,29). The van der Waals surface area contributed by atoms with E-state index in [-0.39, 0.29) is 18.4 Å². The number of rotatable bonds is 5. The minimum Gasteiger partial charge on any atom is -0.427 e. The van der Waals surface area contributed by atoms with Crippen molar-refractivity contribution in [1.29, 1.82) is 0 Å². The number of likely N-dealkylation sites (tertiary alicyclic amines) is 1. The molecule has 2 aromatic rings. The molecule has 9 heteroatoms. The number of nitrogens with one attached hydrogen (secondary N) is 1. The first-order valence-electron chi connectivity index (χ1n) is 9.75. The Labute approximate surface area is 177 Å². The van der Waals surface area contributed by atoms with Crippen LogP contribution in [-0.4, -0.2) is 42.3 Å². The lowest BCUT2D eigenvalue weighted by Crippen LogP contribution is -2.41. The Morgan fingerprint density at radius 1 is 1.06 bits per heavy atom. The van der Waals surface area contributed by atoms with Crippen LogP contribution in [0.3, 0.4) is 0 Å². The highest BCUT2D eigenvalue weighted by Gasteiger charge is 2.25. The molecule has 1 aliphatic heterocycles. The Hall–Kier alpha value is -3.36. The number of hydrogen-bond acceptors (Lipinski definition) is 4. The summed E-state index contributed by atoms with van der Waals surface area (Å²) in [6.45, 7) is 2.41. The molecule has 0 bridgehead atoms. The fourth-order valence-corrected chi connectivity index (χ4v) is 3.41. The Balaban J connectivity index is 1.52. The van der Waals surface area contributed by atoms with E-state index < -0.39 is 34.9 Å². The van der Waals surface area contributed by atoms with Crippen molar-refractivity contribution in [3.63, 3.8) is 0 Å². The van der Waals surface area contributed by atoms with E-state index in [4.69, 9.17) is 4.74 Å². The third kappa shape index (κ3) is 5.42. The molecule has 31 heavy (non-hydrogen) atoms. The number of nitrogens with zero attached hydrogens (tertiary/aromatic N) is 1. The molecule has 2 amide bonds. The molecule has 164 valence electrons. The van der Waals surface area contributed by atoms with Crippen LogP contribution >= 0.6 is 0 Å². The van der Waals surface area contributed by atoms with Gasteiger partial charge >= 0.3 is 5.97 Å². The molecule has 0 spiro atoms. The zero-order chi connectivity index (χ0) is 22.5. The fourth-order valence-electron chi connectivity index (χ4n) is 3.41. The third-order valence-corrected chi connectivity index (χ3v) is 5.08. The first kappa shape index (κ1) is 22.3. The van der Waals surface area contributed by atoms with Gasteiger partial charge in [0.25, 0.3) is 11.8 Å². The van der Waals surface area contributed by atoms with Crippen LogP contribution in [0, 0.1) is 23.4 Å². The average molecular weight is 434 g/mol. The van der Waals surface area contributed by atoms with Gasteiger partial charge in [0.05, 0.1) is 5.56 Å². The van der Waals surface area contributed by atoms with Crippen LogP contribution in [0.15, 0.2) is 36.4 Å². The zero-order valence-electron chi connectivity index (χ0n) is 16.8. The molecular weight excluding hydrogens is 413 g/mol. The zero-order valence-corrected chi connectivity index (χ0v) is 16.8. The van der Waals surface area contributed by atoms with E-state index in [0.29, 0.717) is 43.3 Å². The highest BCUT2D eigenvalue weighted by Crippen LogP contribution is 2.21. The first-order chi connectivity index (χ1) is 14.8. The van der Waals surface area contributed by atoms with Gasteiger partial charge in [0.15, 0.2) is 17.5 Å². The first-order valence-corrected chi connectivity index (χ1v) is 9.75. The number of esters is 1. The van der Waals surface area contributed by atoms with Crippen molar-refractivity contribution in [2.24, 2.45) is 5.92 Å². The largest absolute Gasteiger partial charge is 0.427 e. The Morgan fingerprint density at radius 3 is 2.45 bits per heavy atom. The van der Waals surface area contributed by atoms with Gasteiger partial charge in [-0.05, 0) is 49.1 Å². The van der Waals surface area contributed by atoms with Crippen molar-refractivity contribution in [3.05, 3.63) is 65.0 Å². The smallest absolute Gasteiger partial charge is 0.308 e. The Kier molecular flexibility index (Phi) is 6.94. The van der Waals surface area contributed by atoms with Gasteiger partial charge in [-0.3, -0.25) is 14.4 Å². The van der Waals surface area contributed by atoms with Gasteiger partial charge in [0.2, 0.25) is 0 Å². The number of ether oxygens (including phenoxy) is 1. The van der Waals surface area contributed by atoms with Crippen LogP contribution in [0.4, 0.5) is 13.2 Å². The maximum Gasteiger partial charge on any atom is 0.308 e. The van der Waals surface area contributed by atoms with Crippen LogP contribution in [-0.2, 0) is 4.79 Å². The van der Waals surface area contributed by atoms with Crippen molar-refractivity contribution in [3.8, 4) is 5.75 Å². The lowest BCUT2D eigenvalue weighted by molar-refractivity contribution is -0.131. The molecule has 1 saturated heterocycles. The minimum absolute atomic E-state index is 0.0498. The normalized spacial score (nSPS) is 14.3. The third-order valence-electron chi connectivity index (χ3n) is 5.08. The molecule has 1 heterocycles. The van der Waals surface area contributed by atoms with E-state index in [1.807, 2.05) is 0 Å². The topological polar surface area (TPSA) is 75.7 Å². The summed E-state index contributed by atoms with van der Waals surface area (Å²) < 4.78 is 45.0. The number of carbonyl (C=O) groups excluding carboxylic acids is 3. The summed E-state index contributed by atoms with van der Waals surface area (Å²) in [5, 5.41) is 2.54. The van der Waals surface area contributed by atoms with Crippen molar-refractivity contribution < 1.29 is 32.3 Å². The molecule has 1 N–H and O–H groups in total. The molecule has 0 atom stereocenters. The number of hydrogen-bond donors (Lipinski definition) is 1. The number of halogens is 3. The predicted octanol–water partition coefficient (Wildman–Crippen LogP) is 3.31. The molecule has 0 unspecified atom stereocenters. The van der Waals surface area contributed by atoms with Gasteiger partial charge < -0.3 is 15.0 Å². The van der Waals surface area contributed by atoms with Crippen molar-refractivity contribution in [2.45, 2.75) is 19.8 Å². The summed E-state index contributed by atoms with van der Waals surface area (Å²) in [7, 11) is 0. The summed E-state index contributed by atoms with van der Waals surface area (Å²) in [6.07, 6.45) is 1.21. The molecule has 0 radical (unpaired) electrons. The summed E-state index contributed by atoms with van der Waals surface area (Å²) in [5.41, 5.74) is -0.154. The highest BCUT2D eigenvalue weighted by atomic mass is 19.2. The van der Waals surface area contributed by atoms with Gasteiger partial charge in [0.1, 0.15) is 5.75 Å². The predicted molar refractivity (Wildman–Crippen MR) is 105 cm³/mol. The van der Waals surface area contributed by atoms with Gasteiger partial charge in [-0.1, -0.05) is 6.07 Å². The van der Waals surface area contributed by atoms with E-state index in [1.54, 1.807) is 23.1 Å². The van der Waals surface area contributed by atoms with Crippen molar-refractivity contribution in [1.82, 2.24) is 10.2 Å². The summed E-state index contributed by atoms with van der Waals surface area (Å²) in [4.78, 5) is 37.5. The maximum atomic E-state index is 13.7. The molecular formula is C22H21F3N2O4. The second-order valence-electron chi connectivity index (χ2n) is 7.29. The lowest BCUT2D eigenvalue weighted by atomic mass is 9.96. The highest BCUT2D eigenvalue weighted by molar-refractivity contribution is 5.95. The van der Waals surface area contributed by atoms with Crippen LogP contribution in [0.25, 0.3) is 0 Å². The Morgan fingerprint density at radius 2 is 1.77 bits per heavy atom. The van der Waals surface area contributed by atoms with Gasteiger partial charge in [-0.15, -0.1) is 0 Å². The van der Waals surface area contributed by atoms with Crippen LogP contribution in [0.1, 0.15) is 40.5 Å². The SMILES string of the molecule is CC(=O)Oc1cccc(C(=O)N2CCC(CNC(=O)c3ccc(F)c(F)c3F)CC2)c1. The van der Waals surface area contributed by atoms with Gasteiger partial charge in [-0.25, -0.2) is 13.2 Å². The molecule has 6 nitrogen and oxygen atoms in total. The minimum atomic E-state index is -1.68. The van der Waals surface area contributed by atoms with Crippen LogP contribution < -0.4 is 10.1 Å². The van der Waals surface area contributed by atoms with Gasteiger partial charge in [0, 0.05) is 32.1 Å². The second kappa shape index (κ2) is 9.63. The number of benzene rings is 2. The summed E-state index contributed by atoms with van der Waals surface area (Å²) >= 11 is 0. The quantitative estimate of drug-likeness (QED) is 0.445. The van der Waals surface area contributed by atoms with E-state index in [1.165, 1.54) is 13.0 Å².